The molecule has 16 heavy (non-hydrogen) atoms. The molecule has 3 heteroatoms. The van der Waals surface area contributed by atoms with Crippen LogP contribution in [0, 0.1) is 6.92 Å². The van der Waals surface area contributed by atoms with E-state index < -0.39 is 0 Å². The van der Waals surface area contributed by atoms with Crippen molar-refractivity contribution in [2.24, 2.45) is 0 Å². The Bertz CT molecular complexity index is 325. The second kappa shape index (κ2) is 5.19. The molecule has 1 aliphatic carbocycles. The lowest BCUT2D eigenvalue weighted by Gasteiger charge is -2.40. The van der Waals surface area contributed by atoms with Gasteiger partial charge in [0.15, 0.2) is 0 Å². The van der Waals surface area contributed by atoms with Crippen LogP contribution in [0.5, 0.6) is 0 Å². The SMILES string of the molecule is CSC1(CNCc2ccc(C)cn2)CCC1. The Balaban J connectivity index is 1.77. The fourth-order valence-electron chi connectivity index (χ4n) is 2.05. The molecule has 0 spiro atoms. The Kier molecular flexibility index (Phi) is 3.87. The van der Waals surface area contributed by atoms with Crippen LogP contribution >= 0.6 is 11.8 Å². The summed E-state index contributed by atoms with van der Waals surface area (Å²) < 4.78 is 0.519. The fraction of sp³-hybridized carbons (Fsp3) is 0.615. The van der Waals surface area contributed by atoms with Gasteiger partial charge in [-0.05, 0) is 37.7 Å². The topological polar surface area (TPSA) is 24.9 Å². The first-order chi connectivity index (χ1) is 7.74. The van der Waals surface area contributed by atoms with Crippen molar-refractivity contribution < 1.29 is 0 Å². The Morgan fingerprint density at radius 2 is 2.25 bits per heavy atom. The molecule has 0 radical (unpaired) electrons. The van der Waals surface area contributed by atoms with Gasteiger partial charge in [-0.1, -0.05) is 12.5 Å². The van der Waals surface area contributed by atoms with Crippen LogP contribution in [-0.2, 0) is 6.54 Å². The highest BCUT2D eigenvalue weighted by Crippen LogP contribution is 2.42. The molecule has 1 aromatic rings. The monoisotopic (exact) mass is 236 g/mol. The van der Waals surface area contributed by atoms with Gasteiger partial charge in [-0.15, -0.1) is 0 Å². The molecule has 1 aliphatic rings. The molecular formula is C13H20N2S. The molecule has 2 nitrogen and oxygen atoms in total. The number of thioether (sulfide) groups is 1. The quantitative estimate of drug-likeness (QED) is 0.851. The van der Waals surface area contributed by atoms with Gasteiger partial charge in [0, 0.05) is 24.0 Å². The predicted octanol–water partition coefficient (Wildman–Crippen LogP) is 2.77. The van der Waals surface area contributed by atoms with Crippen molar-refractivity contribution in [3.05, 3.63) is 29.6 Å². The molecule has 0 unspecified atom stereocenters. The van der Waals surface area contributed by atoms with Crippen LogP contribution in [-0.4, -0.2) is 22.5 Å². The third-order valence-electron chi connectivity index (χ3n) is 3.42. The van der Waals surface area contributed by atoms with Crippen LogP contribution in [0.3, 0.4) is 0 Å². The summed E-state index contributed by atoms with van der Waals surface area (Å²) >= 11 is 2.01. The highest BCUT2D eigenvalue weighted by molar-refractivity contribution is 8.00. The van der Waals surface area contributed by atoms with Crippen molar-refractivity contribution in [3.8, 4) is 0 Å². The minimum Gasteiger partial charge on any atom is -0.310 e. The molecule has 1 saturated carbocycles. The largest absolute Gasteiger partial charge is 0.310 e. The average molecular weight is 236 g/mol. The van der Waals surface area contributed by atoms with Crippen molar-refractivity contribution in [2.45, 2.75) is 37.5 Å². The van der Waals surface area contributed by atoms with Crippen LogP contribution in [0.15, 0.2) is 18.3 Å². The van der Waals surface area contributed by atoms with Gasteiger partial charge in [0.05, 0.1) is 5.69 Å². The van der Waals surface area contributed by atoms with Gasteiger partial charge < -0.3 is 5.32 Å². The standard InChI is InChI=1S/C13H20N2S/c1-11-4-5-12(15-8-11)9-14-10-13(16-2)6-3-7-13/h4-5,8,14H,3,6-7,9-10H2,1-2H3. The summed E-state index contributed by atoms with van der Waals surface area (Å²) in [6.07, 6.45) is 8.28. The molecular weight excluding hydrogens is 216 g/mol. The summed E-state index contributed by atoms with van der Waals surface area (Å²) in [6.45, 7) is 4.08. The Labute approximate surface area is 102 Å². The lowest BCUT2D eigenvalue weighted by Crippen LogP contribution is -2.43. The Morgan fingerprint density at radius 3 is 2.75 bits per heavy atom. The van der Waals surface area contributed by atoms with E-state index in [0.717, 1.165) is 18.8 Å². The first-order valence-electron chi connectivity index (χ1n) is 5.91. The molecule has 88 valence electrons. The van der Waals surface area contributed by atoms with Crippen molar-refractivity contribution in [1.82, 2.24) is 10.3 Å². The molecule has 0 aliphatic heterocycles. The van der Waals surface area contributed by atoms with E-state index in [1.165, 1.54) is 24.8 Å². The highest BCUT2D eigenvalue weighted by atomic mass is 32.2. The number of pyridine rings is 1. The van der Waals surface area contributed by atoms with E-state index in [-0.39, 0.29) is 0 Å². The van der Waals surface area contributed by atoms with Gasteiger partial charge in [-0.3, -0.25) is 4.98 Å². The third kappa shape index (κ3) is 2.77. The molecule has 1 fully saturated rings. The summed E-state index contributed by atoms with van der Waals surface area (Å²) in [4.78, 5) is 4.40. The van der Waals surface area contributed by atoms with Crippen LogP contribution < -0.4 is 5.32 Å². The van der Waals surface area contributed by atoms with Crippen LogP contribution in [0.4, 0.5) is 0 Å². The molecule has 0 saturated heterocycles. The van der Waals surface area contributed by atoms with E-state index >= 15 is 0 Å². The summed E-state index contributed by atoms with van der Waals surface area (Å²) in [5.41, 5.74) is 2.37. The maximum atomic E-state index is 4.40. The van der Waals surface area contributed by atoms with E-state index in [1.54, 1.807) is 0 Å². The van der Waals surface area contributed by atoms with Crippen molar-refractivity contribution >= 4 is 11.8 Å². The summed E-state index contributed by atoms with van der Waals surface area (Å²) in [7, 11) is 0. The Morgan fingerprint density at radius 1 is 1.44 bits per heavy atom. The molecule has 1 heterocycles. The maximum absolute atomic E-state index is 4.40. The number of nitrogens with one attached hydrogen (secondary N) is 1. The molecule has 0 amide bonds. The maximum Gasteiger partial charge on any atom is 0.0541 e. The first-order valence-corrected chi connectivity index (χ1v) is 7.14. The molecule has 2 rings (SSSR count). The van der Waals surface area contributed by atoms with Gasteiger partial charge >= 0.3 is 0 Å². The normalized spacial score (nSPS) is 18.1. The van der Waals surface area contributed by atoms with Crippen LogP contribution in [0.25, 0.3) is 0 Å². The number of rotatable bonds is 5. The Hall–Kier alpha value is -0.540. The van der Waals surface area contributed by atoms with Crippen molar-refractivity contribution in [3.63, 3.8) is 0 Å². The van der Waals surface area contributed by atoms with Crippen LogP contribution in [0.2, 0.25) is 0 Å². The van der Waals surface area contributed by atoms with E-state index in [0.29, 0.717) is 4.75 Å². The van der Waals surface area contributed by atoms with Crippen LogP contribution in [0.1, 0.15) is 30.5 Å². The first kappa shape index (κ1) is 11.9. The molecule has 0 aromatic carbocycles. The van der Waals surface area contributed by atoms with E-state index in [2.05, 4.69) is 35.6 Å². The lowest BCUT2D eigenvalue weighted by atomic mass is 9.84. The van der Waals surface area contributed by atoms with Gasteiger partial charge in [0.1, 0.15) is 0 Å². The highest BCUT2D eigenvalue weighted by Gasteiger charge is 2.35. The number of aromatic nitrogens is 1. The number of hydrogen-bond donors (Lipinski definition) is 1. The minimum absolute atomic E-state index is 0.519. The number of nitrogens with zero attached hydrogens (tertiary/aromatic N) is 1. The molecule has 1 N–H and O–H groups in total. The zero-order valence-corrected chi connectivity index (χ0v) is 10.9. The van der Waals surface area contributed by atoms with Gasteiger partial charge in [-0.25, -0.2) is 0 Å². The zero-order chi connectivity index (χ0) is 11.4. The molecule has 1 aromatic heterocycles. The summed E-state index contributed by atoms with van der Waals surface area (Å²) in [5, 5.41) is 3.53. The summed E-state index contributed by atoms with van der Waals surface area (Å²) in [5.74, 6) is 0. The van der Waals surface area contributed by atoms with Crippen molar-refractivity contribution in [1.29, 1.82) is 0 Å². The second-order valence-electron chi connectivity index (χ2n) is 4.67. The predicted molar refractivity (Wildman–Crippen MR) is 70.8 cm³/mol. The summed E-state index contributed by atoms with van der Waals surface area (Å²) in [6, 6.07) is 4.23. The third-order valence-corrected chi connectivity index (χ3v) is 4.84. The van der Waals surface area contributed by atoms with E-state index in [9.17, 15) is 0 Å². The fourth-order valence-corrected chi connectivity index (χ4v) is 2.99. The zero-order valence-electron chi connectivity index (χ0n) is 10.1. The minimum atomic E-state index is 0.519. The number of aryl methyl sites for hydroxylation is 1. The average Bonchev–Trinajstić information content (AvgIpc) is 2.25. The van der Waals surface area contributed by atoms with E-state index in [4.69, 9.17) is 0 Å². The van der Waals surface area contributed by atoms with Gasteiger partial charge in [0.25, 0.3) is 0 Å². The molecule has 0 bridgehead atoms. The van der Waals surface area contributed by atoms with Crippen molar-refractivity contribution in [2.75, 3.05) is 12.8 Å². The van der Waals surface area contributed by atoms with Gasteiger partial charge in [0.2, 0.25) is 0 Å². The second-order valence-corrected chi connectivity index (χ2v) is 5.95. The number of hydrogen-bond acceptors (Lipinski definition) is 3. The van der Waals surface area contributed by atoms with E-state index in [1.807, 2.05) is 18.0 Å². The lowest BCUT2D eigenvalue weighted by molar-refractivity contribution is 0.345. The smallest absolute Gasteiger partial charge is 0.0541 e. The molecule has 0 atom stereocenters. The van der Waals surface area contributed by atoms with Gasteiger partial charge in [-0.2, -0.15) is 11.8 Å².